The minimum absolute atomic E-state index is 1.97. The van der Waals surface area contributed by atoms with E-state index >= 15 is 0 Å². The lowest BCUT2D eigenvalue weighted by atomic mass is 10.5. The first-order valence-electron chi connectivity index (χ1n) is 3.10. The summed E-state index contributed by atoms with van der Waals surface area (Å²) in [5.74, 6) is -4.04. The molecule has 0 aliphatic rings. The average molecular weight is 228 g/mol. The van der Waals surface area contributed by atoms with Gasteiger partial charge in [-0.15, -0.1) is 0 Å². The smallest absolute Gasteiger partial charge is 0.288 e. The lowest BCUT2D eigenvalue weighted by Gasteiger charge is -2.30. The summed E-state index contributed by atoms with van der Waals surface area (Å²) >= 11 is 0. The predicted octanol–water partition coefficient (Wildman–Crippen LogP) is 2.03. The lowest BCUT2D eigenvalue weighted by molar-refractivity contribution is -0.497. The molecule has 0 aliphatic carbocycles. The van der Waals surface area contributed by atoms with Crippen molar-refractivity contribution in [2.24, 2.45) is 0 Å². The Morgan fingerprint density at radius 3 is 1.14 bits per heavy atom. The van der Waals surface area contributed by atoms with E-state index in [0.717, 1.165) is 0 Å². The van der Waals surface area contributed by atoms with Crippen LogP contribution >= 0.6 is 0 Å². The SMILES string of the molecule is FCOC(OCF)(OCF)C(F)(F)F. The summed E-state index contributed by atoms with van der Waals surface area (Å²) in [6.07, 6.45) is -5.42. The van der Waals surface area contributed by atoms with Gasteiger partial charge in [-0.25, -0.2) is 13.2 Å². The monoisotopic (exact) mass is 228 g/mol. The van der Waals surface area contributed by atoms with Gasteiger partial charge in [0.05, 0.1) is 0 Å². The minimum Gasteiger partial charge on any atom is -0.288 e. The number of alkyl halides is 6. The van der Waals surface area contributed by atoms with Crippen LogP contribution in [0.1, 0.15) is 0 Å². The molecule has 0 fully saturated rings. The number of hydrogen-bond acceptors (Lipinski definition) is 3. The van der Waals surface area contributed by atoms with Gasteiger partial charge in [-0.2, -0.15) is 13.2 Å². The standard InChI is InChI=1S/C5H6F6O3/c6-1-12-5(13-2-7,14-3-8)4(9,10)11/h1-3H2. The summed E-state index contributed by atoms with van der Waals surface area (Å²) in [6, 6.07) is 0. The van der Waals surface area contributed by atoms with Crippen LogP contribution in [0.25, 0.3) is 0 Å². The van der Waals surface area contributed by atoms with E-state index in [4.69, 9.17) is 0 Å². The molecule has 0 saturated heterocycles. The Morgan fingerprint density at radius 1 is 0.714 bits per heavy atom. The van der Waals surface area contributed by atoms with Crippen molar-refractivity contribution in [3.63, 3.8) is 0 Å². The van der Waals surface area contributed by atoms with Crippen LogP contribution in [0.15, 0.2) is 0 Å². The third kappa shape index (κ3) is 3.00. The van der Waals surface area contributed by atoms with E-state index in [-0.39, 0.29) is 0 Å². The van der Waals surface area contributed by atoms with Crippen LogP contribution in [0.5, 0.6) is 0 Å². The van der Waals surface area contributed by atoms with Crippen molar-refractivity contribution in [1.82, 2.24) is 0 Å². The molecular formula is C5H6F6O3. The first kappa shape index (κ1) is 13.5. The maximum absolute atomic E-state index is 12.1. The maximum atomic E-state index is 12.1. The Labute approximate surface area is 74.5 Å². The van der Waals surface area contributed by atoms with Crippen molar-refractivity contribution in [1.29, 1.82) is 0 Å². The molecule has 9 heteroatoms. The van der Waals surface area contributed by atoms with Gasteiger partial charge in [0.2, 0.25) is 0 Å². The first-order chi connectivity index (χ1) is 6.43. The normalized spacial score (nSPS) is 13.3. The van der Waals surface area contributed by atoms with E-state index in [1.807, 2.05) is 0 Å². The van der Waals surface area contributed by atoms with Crippen molar-refractivity contribution in [3.8, 4) is 0 Å². The van der Waals surface area contributed by atoms with E-state index in [1.165, 1.54) is 0 Å². The maximum Gasteiger partial charge on any atom is 0.473 e. The molecule has 0 atom stereocenters. The van der Waals surface area contributed by atoms with Crippen molar-refractivity contribution < 1.29 is 40.6 Å². The molecule has 0 rings (SSSR count). The molecule has 0 heterocycles. The van der Waals surface area contributed by atoms with Crippen LogP contribution in [0.2, 0.25) is 0 Å². The fourth-order valence-electron chi connectivity index (χ4n) is 0.586. The van der Waals surface area contributed by atoms with Gasteiger partial charge in [0, 0.05) is 0 Å². The molecule has 0 aliphatic heterocycles. The molecule has 0 aromatic carbocycles. The molecule has 0 radical (unpaired) electrons. The quantitative estimate of drug-likeness (QED) is 0.514. The molecular weight excluding hydrogens is 222 g/mol. The second-order valence-corrected chi connectivity index (χ2v) is 1.81. The summed E-state index contributed by atoms with van der Waals surface area (Å²) < 4.78 is 80.9. The van der Waals surface area contributed by atoms with Gasteiger partial charge in [0.15, 0.2) is 20.6 Å². The number of halogens is 6. The Hall–Kier alpha value is -0.540. The molecule has 0 amide bonds. The minimum atomic E-state index is -5.42. The molecule has 0 saturated carbocycles. The van der Waals surface area contributed by atoms with E-state index in [0.29, 0.717) is 0 Å². The predicted molar refractivity (Wildman–Crippen MR) is 30.0 cm³/mol. The van der Waals surface area contributed by atoms with Crippen molar-refractivity contribution in [2.45, 2.75) is 12.1 Å². The van der Waals surface area contributed by atoms with Crippen molar-refractivity contribution in [2.75, 3.05) is 20.6 Å². The number of hydrogen-bond donors (Lipinski definition) is 0. The Balaban J connectivity index is 4.73. The van der Waals surface area contributed by atoms with E-state index in [1.54, 1.807) is 0 Å². The average Bonchev–Trinajstić information content (AvgIpc) is 2.03. The van der Waals surface area contributed by atoms with E-state index in [2.05, 4.69) is 14.2 Å². The van der Waals surface area contributed by atoms with Crippen LogP contribution in [-0.4, -0.2) is 32.7 Å². The number of rotatable bonds is 6. The molecule has 0 aromatic heterocycles. The van der Waals surface area contributed by atoms with Crippen LogP contribution in [-0.2, 0) is 14.2 Å². The molecule has 0 unspecified atom stereocenters. The van der Waals surface area contributed by atoms with Gasteiger partial charge in [-0.3, -0.25) is 14.2 Å². The van der Waals surface area contributed by atoms with Gasteiger partial charge in [-0.1, -0.05) is 0 Å². The highest BCUT2D eigenvalue weighted by Crippen LogP contribution is 2.36. The molecule has 0 aromatic rings. The fourth-order valence-corrected chi connectivity index (χ4v) is 0.586. The highest BCUT2D eigenvalue weighted by molar-refractivity contribution is 4.67. The van der Waals surface area contributed by atoms with Crippen LogP contribution in [0.3, 0.4) is 0 Å². The van der Waals surface area contributed by atoms with Gasteiger partial charge in [0.1, 0.15) is 0 Å². The molecule has 3 nitrogen and oxygen atoms in total. The van der Waals surface area contributed by atoms with Crippen LogP contribution in [0.4, 0.5) is 26.3 Å². The zero-order chi connectivity index (χ0) is 11.2. The lowest BCUT2D eigenvalue weighted by Crippen LogP contribution is -2.52. The fraction of sp³-hybridized carbons (Fsp3) is 1.00. The third-order valence-electron chi connectivity index (χ3n) is 1.08. The van der Waals surface area contributed by atoms with Gasteiger partial charge < -0.3 is 0 Å². The van der Waals surface area contributed by atoms with Crippen molar-refractivity contribution in [3.05, 3.63) is 0 Å². The summed E-state index contributed by atoms with van der Waals surface area (Å²) in [6.45, 7) is -5.92. The second kappa shape index (κ2) is 5.37. The Bertz CT molecular complexity index is 143. The topological polar surface area (TPSA) is 27.7 Å². The summed E-state index contributed by atoms with van der Waals surface area (Å²) in [4.78, 5) is 0. The largest absolute Gasteiger partial charge is 0.473 e. The van der Waals surface area contributed by atoms with Crippen molar-refractivity contribution >= 4 is 0 Å². The highest BCUT2D eigenvalue weighted by atomic mass is 19.4. The zero-order valence-electron chi connectivity index (χ0n) is 6.61. The summed E-state index contributed by atoms with van der Waals surface area (Å²) in [7, 11) is 0. The molecule has 0 bridgehead atoms. The van der Waals surface area contributed by atoms with E-state index in [9.17, 15) is 26.3 Å². The molecule has 0 N–H and O–H groups in total. The Morgan fingerprint density at radius 2 is 1.00 bits per heavy atom. The highest BCUT2D eigenvalue weighted by Gasteiger charge is 2.61. The first-order valence-corrected chi connectivity index (χ1v) is 3.10. The zero-order valence-corrected chi connectivity index (χ0v) is 6.61. The Kier molecular flexibility index (Phi) is 5.16. The van der Waals surface area contributed by atoms with Gasteiger partial charge in [0.25, 0.3) is 0 Å². The summed E-state index contributed by atoms with van der Waals surface area (Å²) in [5, 5.41) is 0. The molecule has 0 spiro atoms. The number of ether oxygens (including phenoxy) is 3. The second-order valence-electron chi connectivity index (χ2n) is 1.81. The van der Waals surface area contributed by atoms with Gasteiger partial charge in [-0.05, 0) is 0 Å². The van der Waals surface area contributed by atoms with E-state index < -0.39 is 32.7 Å². The van der Waals surface area contributed by atoms with Crippen LogP contribution in [0, 0.1) is 0 Å². The molecule has 14 heavy (non-hydrogen) atoms. The summed E-state index contributed by atoms with van der Waals surface area (Å²) in [5.41, 5.74) is 0. The third-order valence-corrected chi connectivity index (χ3v) is 1.08. The molecule has 86 valence electrons. The van der Waals surface area contributed by atoms with Crippen LogP contribution < -0.4 is 0 Å². The van der Waals surface area contributed by atoms with Gasteiger partial charge >= 0.3 is 12.1 Å².